The van der Waals surface area contributed by atoms with Crippen LogP contribution in [-0.4, -0.2) is 6.71 Å². The Morgan fingerprint density at radius 1 is 0.522 bits per heavy atom. The van der Waals surface area contributed by atoms with Gasteiger partial charge in [-0.25, -0.2) is 0 Å². The van der Waals surface area contributed by atoms with E-state index in [9.17, 15) is 0 Å². The van der Waals surface area contributed by atoms with Crippen LogP contribution in [0.25, 0.3) is 10.1 Å². The highest BCUT2D eigenvalue weighted by Crippen LogP contribution is 2.75. The summed E-state index contributed by atoms with van der Waals surface area (Å²) in [6, 6.07) is 38.2. The molecule has 8 bridgehead atoms. The molecule has 10 aliphatic rings. The molecule has 0 radical (unpaired) electrons. The first-order valence-corrected chi connectivity index (χ1v) is 28.1. The van der Waals surface area contributed by atoms with Crippen molar-refractivity contribution in [2.75, 3.05) is 9.80 Å². The van der Waals surface area contributed by atoms with Crippen molar-refractivity contribution in [3.63, 3.8) is 0 Å². The summed E-state index contributed by atoms with van der Waals surface area (Å²) in [5, 5.41) is 1.41. The zero-order chi connectivity index (χ0) is 47.9. The van der Waals surface area contributed by atoms with Crippen LogP contribution >= 0.6 is 11.3 Å². The third-order valence-electron chi connectivity index (χ3n) is 20.6. The number of rotatable bonds is 3. The molecule has 2 nitrogen and oxygen atoms in total. The molecule has 2 aliphatic heterocycles. The number of thiophene rings is 1. The number of hydrogen-bond donors (Lipinski definition) is 0. The van der Waals surface area contributed by atoms with Crippen molar-refractivity contribution in [2.45, 2.75) is 167 Å². The van der Waals surface area contributed by atoms with E-state index in [-0.39, 0.29) is 39.2 Å². The number of anilines is 6. The minimum atomic E-state index is 0.00867. The average molecular weight is 927 g/mol. The molecule has 0 atom stereocenters. The van der Waals surface area contributed by atoms with E-state index in [0.29, 0.717) is 0 Å². The van der Waals surface area contributed by atoms with E-state index in [1.165, 1.54) is 133 Å². The fourth-order valence-corrected chi connectivity index (χ4v) is 19.1. The zero-order valence-electron chi connectivity index (χ0n) is 44.0. The quantitative estimate of drug-likeness (QED) is 0.163. The largest absolute Gasteiger partial charge is 0.311 e. The van der Waals surface area contributed by atoms with Gasteiger partial charge >= 0.3 is 0 Å². The Labute approximate surface area is 418 Å². The lowest BCUT2D eigenvalue weighted by Gasteiger charge is -2.72. The summed E-state index contributed by atoms with van der Waals surface area (Å²) in [7, 11) is 0. The summed E-state index contributed by atoms with van der Waals surface area (Å²) in [5.41, 5.74) is 20.6. The highest BCUT2D eigenvalue weighted by Gasteiger charge is 2.68. The molecular formula is C65H75BN2S. The van der Waals surface area contributed by atoms with Gasteiger partial charge in [0.15, 0.2) is 0 Å². The lowest BCUT2D eigenvalue weighted by atomic mass is 9.32. The first kappa shape index (κ1) is 43.5. The Morgan fingerprint density at radius 3 is 1.67 bits per heavy atom. The molecule has 1 aromatic heterocycles. The maximum atomic E-state index is 2.84. The number of hydrogen-bond acceptors (Lipinski definition) is 3. The molecule has 354 valence electrons. The minimum Gasteiger partial charge on any atom is -0.311 e. The van der Waals surface area contributed by atoms with Crippen LogP contribution in [0.5, 0.6) is 0 Å². The molecule has 4 heteroatoms. The standard InChI is InChI=1S/C65H75BN2S/c1-60(2,3)37-14-18-41(19-15-37)67-53-22-16-39(62(7,8)9)28-52(53)66-57-54(67)29-40(65-32-47-43-24-36-25-44(47)49(34-65)45(26-36)48(43)33-65)30-55(57)68(42-20-21-50-51(31-42)64(12,13)35-63(50,10)11)58-46-27-38(61(4,5)6)17-23-56(46)69-59(58)66/h14-23,27-31,36,43-45,47-49H,24-26,32-35H2,1-13H3/t36?,43-,44-,45?,47?,48?,49?,65-/m0/s1. The second kappa shape index (κ2) is 13.6. The molecule has 69 heavy (non-hydrogen) atoms. The van der Waals surface area contributed by atoms with Crippen LogP contribution in [0.3, 0.4) is 0 Å². The first-order valence-electron chi connectivity index (χ1n) is 27.2. The van der Waals surface area contributed by atoms with Gasteiger partial charge in [0, 0.05) is 43.3 Å². The summed E-state index contributed by atoms with van der Waals surface area (Å²) >= 11 is 2.07. The van der Waals surface area contributed by atoms with Gasteiger partial charge in [0.2, 0.25) is 0 Å². The molecular weight excluding hydrogens is 852 g/mol. The fourth-order valence-electron chi connectivity index (χ4n) is 17.8. The normalized spacial score (nSPS) is 29.5. The van der Waals surface area contributed by atoms with Crippen LogP contribution < -0.4 is 25.5 Å². The van der Waals surface area contributed by atoms with E-state index in [2.05, 4.69) is 202 Å². The van der Waals surface area contributed by atoms with E-state index in [1.54, 1.807) is 5.56 Å². The fraction of sp³-hybridized carbons (Fsp3) is 0.508. The van der Waals surface area contributed by atoms with Gasteiger partial charge in [0.05, 0.1) is 5.69 Å². The smallest absolute Gasteiger partial charge is 0.264 e. The summed E-state index contributed by atoms with van der Waals surface area (Å²) < 4.78 is 2.89. The van der Waals surface area contributed by atoms with Crippen LogP contribution in [0.2, 0.25) is 0 Å². The van der Waals surface area contributed by atoms with Crippen molar-refractivity contribution >= 4 is 78.0 Å². The number of nitrogens with zero attached hydrogens (tertiary/aromatic N) is 2. The first-order chi connectivity index (χ1) is 32.5. The van der Waals surface area contributed by atoms with Gasteiger partial charge in [-0.05, 0) is 218 Å². The Hall–Kier alpha value is -4.28. The Bertz CT molecular complexity index is 3120. The van der Waals surface area contributed by atoms with Crippen molar-refractivity contribution in [1.29, 1.82) is 0 Å². The summed E-state index contributed by atoms with van der Waals surface area (Å²) in [6.45, 7) is 31.5. The Balaban J connectivity index is 1.09. The van der Waals surface area contributed by atoms with Crippen molar-refractivity contribution in [3.8, 4) is 0 Å². The Morgan fingerprint density at radius 2 is 1.06 bits per heavy atom. The zero-order valence-corrected chi connectivity index (χ0v) is 44.8. The molecule has 0 spiro atoms. The van der Waals surface area contributed by atoms with Gasteiger partial charge in [-0.1, -0.05) is 126 Å². The van der Waals surface area contributed by atoms with E-state index in [4.69, 9.17) is 0 Å². The van der Waals surface area contributed by atoms with E-state index >= 15 is 0 Å². The minimum absolute atomic E-state index is 0.00867. The third-order valence-corrected chi connectivity index (χ3v) is 21.8. The van der Waals surface area contributed by atoms with Gasteiger partial charge in [0.25, 0.3) is 6.71 Å². The highest BCUT2D eigenvalue weighted by atomic mass is 32.1. The lowest BCUT2D eigenvalue weighted by Crippen LogP contribution is -2.66. The molecule has 5 aromatic carbocycles. The maximum Gasteiger partial charge on any atom is 0.264 e. The van der Waals surface area contributed by atoms with Gasteiger partial charge < -0.3 is 9.80 Å². The van der Waals surface area contributed by atoms with E-state index in [0.717, 1.165) is 41.4 Å². The average Bonchev–Trinajstić information content (AvgIpc) is 3.75. The Kier molecular flexibility index (Phi) is 8.58. The van der Waals surface area contributed by atoms with Crippen LogP contribution in [0.1, 0.15) is 168 Å². The van der Waals surface area contributed by atoms with Crippen LogP contribution in [0, 0.1) is 41.4 Å². The van der Waals surface area contributed by atoms with E-state index in [1.807, 2.05) is 0 Å². The summed E-state index contributed by atoms with van der Waals surface area (Å²) in [5.74, 6) is 6.69. The van der Waals surface area contributed by atoms with Gasteiger partial charge in [0.1, 0.15) is 0 Å². The molecule has 0 amide bonds. The van der Waals surface area contributed by atoms with Crippen LogP contribution in [0.4, 0.5) is 34.1 Å². The molecule has 0 saturated heterocycles. The number of benzene rings is 5. The van der Waals surface area contributed by atoms with Gasteiger partial charge in [-0.3, -0.25) is 0 Å². The predicted octanol–water partition coefficient (Wildman–Crippen LogP) is 15.8. The molecule has 7 saturated carbocycles. The molecule has 3 heterocycles. The molecule has 0 unspecified atom stereocenters. The summed E-state index contributed by atoms with van der Waals surface area (Å²) in [4.78, 5) is 5.58. The summed E-state index contributed by atoms with van der Waals surface area (Å²) in [6.07, 6.45) is 9.93. The molecule has 7 fully saturated rings. The second-order valence-corrected chi connectivity index (χ2v) is 29.8. The SMILES string of the molecule is CC(C)(C)c1ccc(N2c3ccc(C(C)(C)C)cc3B3c4sc5ccc(C(C)(C)C)cc5c4N(c4ccc5c(c4)C(C)(C)CC5(C)C)c4cc([C@]56CC7C8CC9C[C@H]7C(C5)[C@H](C9)C8C6)cc2c43)cc1. The van der Waals surface area contributed by atoms with Gasteiger partial charge in [-0.2, -0.15) is 0 Å². The molecule has 16 rings (SSSR count). The van der Waals surface area contributed by atoms with E-state index < -0.39 is 0 Å². The van der Waals surface area contributed by atoms with Crippen molar-refractivity contribution in [2.24, 2.45) is 41.4 Å². The van der Waals surface area contributed by atoms with Crippen molar-refractivity contribution in [3.05, 3.63) is 124 Å². The maximum absolute atomic E-state index is 2.84. The topological polar surface area (TPSA) is 6.48 Å². The van der Waals surface area contributed by atoms with Crippen molar-refractivity contribution < 1.29 is 0 Å². The van der Waals surface area contributed by atoms with Crippen LogP contribution in [-0.2, 0) is 32.5 Å². The molecule has 0 N–H and O–H groups in total. The van der Waals surface area contributed by atoms with Crippen LogP contribution in [0.15, 0.2) is 91.0 Å². The molecule has 8 aliphatic carbocycles. The third kappa shape index (κ3) is 5.97. The van der Waals surface area contributed by atoms with Crippen molar-refractivity contribution in [1.82, 2.24) is 0 Å². The number of fused-ring (bicyclic) bond motifs is 7. The van der Waals surface area contributed by atoms with Gasteiger partial charge in [-0.15, -0.1) is 11.3 Å². The lowest BCUT2D eigenvalue weighted by molar-refractivity contribution is -0.212. The highest BCUT2D eigenvalue weighted by molar-refractivity contribution is 7.33. The molecule has 6 aromatic rings. The predicted molar refractivity (Wildman–Crippen MR) is 296 cm³/mol. The monoisotopic (exact) mass is 927 g/mol. The second-order valence-electron chi connectivity index (χ2n) is 28.8.